The zero-order chi connectivity index (χ0) is 20.0. The van der Waals surface area contributed by atoms with E-state index in [1.54, 1.807) is 0 Å². The van der Waals surface area contributed by atoms with Crippen LogP contribution in [0, 0.1) is 0 Å². The number of hydrogen-bond donors (Lipinski definition) is 2. The highest BCUT2D eigenvalue weighted by Gasteiger charge is 2.30. The number of hydrogen-bond acceptors (Lipinski definition) is 7. The molecule has 0 fully saturated rings. The summed E-state index contributed by atoms with van der Waals surface area (Å²) in [6, 6.07) is 0.870. The van der Waals surface area contributed by atoms with Crippen molar-refractivity contribution >= 4 is 20.2 Å². The quantitative estimate of drug-likeness (QED) is 0.285. The predicted octanol–water partition coefficient (Wildman–Crippen LogP) is 2.61. The molecule has 15 nitrogen and oxygen atoms in total. The molecule has 0 aliphatic rings. The lowest BCUT2D eigenvalue weighted by atomic mass is 10.0. The largest absolute Gasteiger partial charge is 0.295 e. The SMILES string of the molecule is [N-]=[N+]=NCc1cc(CN=[N+]=[N-])c(S(=O)(=O)O)c(CN=[N+]=[N-])c1S(=O)(=O)O. The summed E-state index contributed by atoms with van der Waals surface area (Å²) in [6.45, 7) is -2.16. The van der Waals surface area contributed by atoms with Crippen molar-refractivity contribution in [3.8, 4) is 0 Å². The average Bonchev–Trinajstić information content (AvgIpc) is 2.53. The van der Waals surface area contributed by atoms with Gasteiger partial charge in [-0.05, 0) is 27.7 Å². The van der Waals surface area contributed by atoms with Gasteiger partial charge in [-0.15, -0.1) is 0 Å². The summed E-state index contributed by atoms with van der Waals surface area (Å²) in [4.78, 5) is 5.21. The van der Waals surface area contributed by atoms with Gasteiger partial charge in [0.2, 0.25) is 0 Å². The van der Waals surface area contributed by atoms with E-state index in [2.05, 4.69) is 30.1 Å². The second-order valence-electron chi connectivity index (χ2n) is 4.45. The van der Waals surface area contributed by atoms with Crippen LogP contribution in [0.1, 0.15) is 16.7 Å². The molecule has 1 aromatic rings. The van der Waals surface area contributed by atoms with Crippen LogP contribution in [-0.2, 0) is 39.9 Å². The first-order chi connectivity index (χ1) is 12.1. The third-order valence-corrected chi connectivity index (χ3v) is 4.95. The third-order valence-electron chi connectivity index (χ3n) is 2.90. The van der Waals surface area contributed by atoms with Crippen molar-refractivity contribution in [1.29, 1.82) is 0 Å². The molecule has 0 aliphatic carbocycles. The van der Waals surface area contributed by atoms with Crippen molar-refractivity contribution < 1.29 is 25.9 Å². The van der Waals surface area contributed by atoms with Gasteiger partial charge in [0.25, 0.3) is 20.2 Å². The van der Waals surface area contributed by atoms with Crippen molar-refractivity contribution in [2.45, 2.75) is 29.4 Å². The van der Waals surface area contributed by atoms with Gasteiger partial charge in [0.05, 0.1) is 19.6 Å². The second kappa shape index (κ2) is 8.37. The van der Waals surface area contributed by atoms with E-state index in [4.69, 9.17) is 16.6 Å². The third kappa shape index (κ3) is 4.98. The molecule has 17 heteroatoms. The van der Waals surface area contributed by atoms with Crippen LogP contribution in [0.3, 0.4) is 0 Å². The minimum absolute atomic E-state index is 0.357. The average molecular weight is 403 g/mol. The molecular weight excluding hydrogens is 394 g/mol. The first kappa shape index (κ1) is 21.0. The highest BCUT2D eigenvalue weighted by Crippen LogP contribution is 2.33. The summed E-state index contributed by atoms with van der Waals surface area (Å²) in [5, 5.41) is 9.33. The predicted molar refractivity (Wildman–Crippen MR) is 84.6 cm³/mol. The van der Waals surface area contributed by atoms with Crippen LogP contribution < -0.4 is 0 Å². The van der Waals surface area contributed by atoms with Gasteiger partial charge >= 0.3 is 0 Å². The molecule has 0 saturated heterocycles. The Kier molecular flexibility index (Phi) is 6.77. The lowest BCUT2D eigenvalue weighted by Gasteiger charge is -2.17. The van der Waals surface area contributed by atoms with Crippen LogP contribution in [0.5, 0.6) is 0 Å². The molecule has 1 aromatic carbocycles. The Morgan fingerprint density at radius 1 is 0.769 bits per heavy atom. The molecule has 2 N–H and O–H groups in total. The normalized spacial score (nSPS) is 11.0. The molecule has 1 rings (SSSR count). The van der Waals surface area contributed by atoms with Gasteiger partial charge in [0.15, 0.2) is 0 Å². The molecule has 0 bridgehead atoms. The highest BCUT2D eigenvalue weighted by atomic mass is 32.2. The summed E-state index contributed by atoms with van der Waals surface area (Å²) < 4.78 is 65.8. The van der Waals surface area contributed by atoms with Crippen molar-refractivity contribution in [2.75, 3.05) is 0 Å². The lowest BCUT2D eigenvalue weighted by Crippen LogP contribution is -2.15. The van der Waals surface area contributed by atoms with Crippen LogP contribution in [0.2, 0.25) is 0 Å². The minimum atomic E-state index is -5.09. The van der Waals surface area contributed by atoms with Crippen LogP contribution in [0.4, 0.5) is 0 Å². The number of azide groups is 3. The Morgan fingerprint density at radius 2 is 1.12 bits per heavy atom. The monoisotopic (exact) mass is 403 g/mol. The van der Waals surface area contributed by atoms with Crippen LogP contribution >= 0.6 is 0 Å². The Labute approximate surface area is 145 Å². The smallest absolute Gasteiger partial charge is 0.282 e. The van der Waals surface area contributed by atoms with Crippen LogP contribution in [0.15, 0.2) is 31.2 Å². The fraction of sp³-hybridized carbons (Fsp3) is 0.333. The van der Waals surface area contributed by atoms with Crippen molar-refractivity contribution in [2.24, 2.45) is 15.3 Å². The van der Waals surface area contributed by atoms with Gasteiger partial charge in [0.1, 0.15) is 9.79 Å². The molecule has 0 radical (unpaired) electrons. The van der Waals surface area contributed by atoms with E-state index in [9.17, 15) is 25.9 Å². The molecular formula is C9H9N9O6S2. The van der Waals surface area contributed by atoms with Gasteiger partial charge in [-0.3, -0.25) is 9.11 Å². The molecule has 0 aromatic heterocycles. The molecule has 0 aliphatic heterocycles. The van der Waals surface area contributed by atoms with Crippen molar-refractivity contribution in [3.05, 3.63) is 54.1 Å². The van der Waals surface area contributed by atoms with E-state index in [0.717, 1.165) is 6.07 Å². The molecule has 0 spiro atoms. The summed E-state index contributed by atoms with van der Waals surface area (Å²) in [6.07, 6.45) is 0. The number of benzene rings is 1. The lowest BCUT2D eigenvalue weighted by molar-refractivity contribution is 0.476. The van der Waals surface area contributed by atoms with E-state index in [1.165, 1.54) is 0 Å². The Bertz CT molecular complexity index is 1000. The fourth-order valence-corrected chi connectivity index (χ4v) is 4.10. The standard InChI is InChI=1S/C9H9N9O6S2/c10-16-13-2-5-1-6(3-14-17-11)9(26(22,23)24)7(4-15-18-12)8(5)25(19,20)21/h1H,2-4H2,(H,19,20,21)(H,22,23,24). The topological polar surface area (TPSA) is 255 Å². The summed E-state index contributed by atoms with van der Waals surface area (Å²) >= 11 is 0. The van der Waals surface area contributed by atoms with Crippen molar-refractivity contribution in [1.82, 2.24) is 0 Å². The Balaban J connectivity index is 4.16. The fourth-order valence-electron chi connectivity index (χ4n) is 2.17. The summed E-state index contributed by atoms with van der Waals surface area (Å²) in [5.74, 6) is 0. The first-order valence-electron chi connectivity index (χ1n) is 6.23. The molecule has 0 saturated carbocycles. The maximum absolute atomic E-state index is 11.7. The molecule has 0 heterocycles. The van der Waals surface area contributed by atoms with Crippen LogP contribution in [0.25, 0.3) is 31.3 Å². The second-order valence-corrected chi connectivity index (χ2v) is 7.17. The van der Waals surface area contributed by atoms with Gasteiger partial charge < -0.3 is 0 Å². The van der Waals surface area contributed by atoms with Gasteiger partial charge in [-0.1, -0.05) is 21.4 Å². The van der Waals surface area contributed by atoms with E-state index in [1.807, 2.05) is 0 Å². The highest BCUT2D eigenvalue weighted by molar-refractivity contribution is 7.86. The van der Waals surface area contributed by atoms with Gasteiger partial charge in [-0.25, -0.2) is 0 Å². The number of rotatable bonds is 8. The molecule has 138 valence electrons. The molecule has 0 atom stereocenters. The maximum Gasteiger partial charge on any atom is 0.295 e. The van der Waals surface area contributed by atoms with E-state index < -0.39 is 55.2 Å². The van der Waals surface area contributed by atoms with Gasteiger partial charge in [0, 0.05) is 20.3 Å². The van der Waals surface area contributed by atoms with E-state index >= 15 is 0 Å². The van der Waals surface area contributed by atoms with E-state index in [0.29, 0.717) is 0 Å². The molecule has 0 unspecified atom stereocenters. The van der Waals surface area contributed by atoms with Gasteiger partial charge in [-0.2, -0.15) is 16.8 Å². The first-order valence-corrected chi connectivity index (χ1v) is 9.11. The Hall–Kier alpha value is -3.03. The summed E-state index contributed by atoms with van der Waals surface area (Å²) in [7, 11) is -10.2. The molecule has 0 amide bonds. The van der Waals surface area contributed by atoms with Crippen LogP contribution in [-0.4, -0.2) is 25.9 Å². The molecule has 26 heavy (non-hydrogen) atoms. The maximum atomic E-state index is 11.7. The van der Waals surface area contributed by atoms with Crippen molar-refractivity contribution in [3.63, 3.8) is 0 Å². The summed E-state index contributed by atoms with van der Waals surface area (Å²) in [5.41, 5.74) is 23.8. The number of nitrogens with zero attached hydrogens (tertiary/aromatic N) is 9. The minimum Gasteiger partial charge on any atom is -0.282 e. The Morgan fingerprint density at radius 3 is 1.42 bits per heavy atom. The zero-order valence-electron chi connectivity index (χ0n) is 12.6. The van der Waals surface area contributed by atoms with E-state index in [-0.39, 0.29) is 11.1 Å². The zero-order valence-corrected chi connectivity index (χ0v) is 14.2.